The second kappa shape index (κ2) is 6.30. The summed E-state index contributed by atoms with van der Waals surface area (Å²) in [4.78, 5) is 28.8. The molecule has 0 atom stereocenters. The summed E-state index contributed by atoms with van der Waals surface area (Å²) in [5.41, 5.74) is 1.13. The number of para-hydroxylation sites is 1. The van der Waals surface area contributed by atoms with Crippen LogP contribution in [-0.4, -0.2) is 24.1 Å². The van der Waals surface area contributed by atoms with E-state index >= 15 is 0 Å². The number of thioether (sulfide) groups is 1. The molecule has 1 aromatic heterocycles. The minimum Gasteiger partial charge on any atom is -0.497 e. The van der Waals surface area contributed by atoms with Crippen LogP contribution < -0.4 is 10.2 Å². The van der Waals surface area contributed by atoms with Crippen LogP contribution in [0, 0.1) is 0 Å². The lowest BCUT2D eigenvalue weighted by Crippen LogP contribution is -2.19. The number of methoxy groups -OCH3 is 1. The van der Waals surface area contributed by atoms with E-state index in [-0.39, 0.29) is 16.8 Å². The van der Waals surface area contributed by atoms with Crippen molar-refractivity contribution in [3.05, 3.63) is 69.9 Å². The van der Waals surface area contributed by atoms with Crippen molar-refractivity contribution in [2.45, 2.75) is 5.03 Å². The lowest BCUT2D eigenvalue weighted by Gasteiger charge is -2.09. The van der Waals surface area contributed by atoms with Crippen LogP contribution in [0.25, 0.3) is 10.9 Å². The molecule has 0 amide bonds. The van der Waals surface area contributed by atoms with Gasteiger partial charge in [0.2, 0.25) is 5.43 Å². The van der Waals surface area contributed by atoms with Crippen molar-refractivity contribution >= 4 is 28.4 Å². The monoisotopic (exact) mass is 325 g/mol. The average Bonchev–Trinajstić information content (AvgIpc) is 2.61. The van der Waals surface area contributed by atoms with Gasteiger partial charge in [0, 0.05) is 10.9 Å². The number of carbonyl (C=O) groups excluding carboxylic acids is 1. The molecule has 0 radical (unpaired) electrons. The van der Waals surface area contributed by atoms with Crippen molar-refractivity contribution in [3.63, 3.8) is 0 Å². The highest BCUT2D eigenvalue weighted by Crippen LogP contribution is 2.22. The molecule has 0 fully saturated rings. The Morgan fingerprint density at radius 1 is 1.09 bits per heavy atom. The molecule has 0 aliphatic heterocycles. The van der Waals surface area contributed by atoms with Gasteiger partial charge < -0.3 is 9.72 Å². The van der Waals surface area contributed by atoms with E-state index in [1.165, 1.54) is 11.8 Å². The number of hydrogen-bond acceptors (Lipinski definition) is 4. The van der Waals surface area contributed by atoms with Gasteiger partial charge in [0.05, 0.1) is 17.7 Å². The molecule has 0 bridgehead atoms. The molecule has 0 unspecified atom stereocenters. The van der Waals surface area contributed by atoms with E-state index in [0.29, 0.717) is 21.7 Å². The van der Waals surface area contributed by atoms with Gasteiger partial charge in [0.15, 0.2) is 5.78 Å². The van der Waals surface area contributed by atoms with Gasteiger partial charge in [-0.2, -0.15) is 0 Å². The Balaban J connectivity index is 2.19. The van der Waals surface area contributed by atoms with Crippen LogP contribution in [0.2, 0.25) is 0 Å². The second-order valence-electron chi connectivity index (χ2n) is 4.97. The molecule has 3 aromatic rings. The molecule has 4 nitrogen and oxygen atoms in total. The Hall–Kier alpha value is -2.53. The summed E-state index contributed by atoms with van der Waals surface area (Å²) in [5.74, 6) is 0.378. The van der Waals surface area contributed by atoms with E-state index in [2.05, 4.69) is 4.98 Å². The van der Waals surface area contributed by atoms with Crippen LogP contribution in [0.15, 0.2) is 58.4 Å². The lowest BCUT2D eigenvalue weighted by molar-refractivity contribution is 0.103. The van der Waals surface area contributed by atoms with Crippen LogP contribution in [0.3, 0.4) is 0 Å². The number of aromatic nitrogens is 1. The fourth-order valence-electron chi connectivity index (χ4n) is 2.46. The number of carbonyl (C=O) groups is 1. The molecule has 0 saturated carbocycles. The van der Waals surface area contributed by atoms with Crippen LogP contribution >= 0.6 is 11.8 Å². The van der Waals surface area contributed by atoms with Gasteiger partial charge in [-0.05, 0) is 42.7 Å². The molecule has 0 spiro atoms. The highest BCUT2D eigenvalue weighted by molar-refractivity contribution is 7.98. The van der Waals surface area contributed by atoms with Gasteiger partial charge in [-0.15, -0.1) is 11.8 Å². The third-order valence-corrected chi connectivity index (χ3v) is 4.37. The first-order valence-corrected chi connectivity index (χ1v) is 8.26. The summed E-state index contributed by atoms with van der Waals surface area (Å²) in [6.45, 7) is 0. The maximum absolute atomic E-state index is 12.8. The number of ether oxygens (including phenoxy) is 1. The topological polar surface area (TPSA) is 59.2 Å². The summed E-state index contributed by atoms with van der Waals surface area (Å²) in [5, 5.41) is 1.09. The number of hydrogen-bond donors (Lipinski definition) is 1. The quantitative estimate of drug-likeness (QED) is 0.589. The van der Waals surface area contributed by atoms with Gasteiger partial charge in [-0.1, -0.05) is 12.1 Å². The Labute approximate surface area is 137 Å². The first kappa shape index (κ1) is 15.4. The zero-order valence-electron chi connectivity index (χ0n) is 12.8. The van der Waals surface area contributed by atoms with Crippen molar-refractivity contribution < 1.29 is 9.53 Å². The van der Waals surface area contributed by atoms with E-state index < -0.39 is 0 Å². The average molecular weight is 325 g/mol. The molecule has 116 valence electrons. The molecule has 2 aromatic carbocycles. The van der Waals surface area contributed by atoms with E-state index in [0.717, 1.165) is 5.52 Å². The number of pyridine rings is 1. The third-order valence-electron chi connectivity index (χ3n) is 3.66. The van der Waals surface area contributed by atoms with E-state index in [9.17, 15) is 9.59 Å². The minimum atomic E-state index is -0.288. The Kier molecular flexibility index (Phi) is 4.21. The SMILES string of the molecule is COc1ccc(C(=O)c2c(SC)[nH]c3ccccc3c2=O)cc1. The molecular formula is C18H15NO3S. The predicted molar refractivity (Wildman–Crippen MR) is 92.8 cm³/mol. The summed E-state index contributed by atoms with van der Waals surface area (Å²) >= 11 is 1.35. The van der Waals surface area contributed by atoms with E-state index in [4.69, 9.17) is 4.74 Å². The van der Waals surface area contributed by atoms with Crippen LogP contribution in [0.4, 0.5) is 0 Å². The molecule has 1 heterocycles. The number of ketones is 1. The van der Waals surface area contributed by atoms with Gasteiger partial charge in [-0.25, -0.2) is 0 Å². The number of rotatable bonds is 4. The normalized spacial score (nSPS) is 10.7. The third kappa shape index (κ3) is 2.75. The largest absolute Gasteiger partial charge is 0.497 e. The number of nitrogens with one attached hydrogen (secondary N) is 1. The molecule has 0 aliphatic carbocycles. The van der Waals surface area contributed by atoms with Crippen molar-refractivity contribution in [1.29, 1.82) is 0 Å². The number of benzene rings is 2. The summed E-state index contributed by atoms with van der Waals surface area (Å²) < 4.78 is 5.10. The summed E-state index contributed by atoms with van der Waals surface area (Å²) in [6, 6.07) is 14.0. The Morgan fingerprint density at radius 3 is 2.43 bits per heavy atom. The Bertz CT molecular complexity index is 929. The fourth-order valence-corrected chi connectivity index (χ4v) is 3.06. The van der Waals surface area contributed by atoms with E-state index in [1.807, 2.05) is 18.4 Å². The molecule has 0 saturated heterocycles. The van der Waals surface area contributed by atoms with Crippen LogP contribution in [0.1, 0.15) is 15.9 Å². The number of H-pyrrole nitrogens is 1. The number of aromatic amines is 1. The zero-order valence-corrected chi connectivity index (χ0v) is 13.6. The molecule has 3 rings (SSSR count). The first-order chi connectivity index (χ1) is 11.2. The van der Waals surface area contributed by atoms with Gasteiger partial charge >= 0.3 is 0 Å². The molecular weight excluding hydrogens is 310 g/mol. The molecule has 1 N–H and O–H groups in total. The molecule has 0 aliphatic rings. The van der Waals surface area contributed by atoms with Gasteiger partial charge in [0.25, 0.3) is 0 Å². The zero-order chi connectivity index (χ0) is 16.4. The summed E-state index contributed by atoms with van der Waals surface area (Å²) in [7, 11) is 1.57. The minimum absolute atomic E-state index is 0.182. The molecule has 5 heteroatoms. The van der Waals surface area contributed by atoms with Crippen molar-refractivity contribution in [1.82, 2.24) is 4.98 Å². The standard InChI is InChI=1S/C18H15NO3S/c1-22-12-9-7-11(8-10-12)16(20)15-17(21)13-5-3-4-6-14(13)19-18(15)23-2/h3-10H,1-2H3,(H,19,21). The maximum Gasteiger partial charge on any atom is 0.201 e. The van der Waals surface area contributed by atoms with Gasteiger partial charge in [-0.3, -0.25) is 9.59 Å². The van der Waals surface area contributed by atoms with E-state index in [1.54, 1.807) is 43.5 Å². The van der Waals surface area contributed by atoms with Crippen LogP contribution in [-0.2, 0) is 0 Å². The second-order valence-corrected chi connectivity index (χ2v) is 5.78. The fraction of sp³-hybridized carbons (Fsp3) is 0.111. The predicted octanol–water partition coefficient (Wildman–Crippen LogP) is 3.49. The number of fused-ring (bicyclic) bond motifs is 1. The smallest absolute Gasteiger partial charge is 0.201 e. The van der Waals surface area contributed by atoms with Crippen molar-refractivity contribution in [2.75, 3.05) is 13.4 Å². The highest BCUT2D eigenvalue weighted by atomic mass is 32.2. The van der Waals surface area contributed by atoms with Gasteiger partial charge in [0.1, 0.15) is 11.3 Å². The van der Waals surface area contributed by atoms with Crippen LogP contribution in [0.5, 0.6) is 5.75 Å². The summed E-state index contributed by atoms with van der Waals surface area (Å²) in [6.07, 6.45) is 1.84. The maximum atomic E-state index is 12.8. The first-order valence-electron chi connectivity index (χ1n) is 7.03. The van der Waals surface area contributed by atoms with Crippen molar-refractivity contribution in [2.24, 2.45) is 0 Å². The lowest BCUT2D eigenvalue weighted by atomic mass is 10.0. The molecule has 23 heavy (non-hydrogen) atoms. The highest BCUT2D eigenvalue weighted by Gasteiger charge is 2.20. The Morgan fingerprint density at radius 2 is 1.78 bits per heavy atom. The van der Waals surface area contributed by atoms with Crippen molar-refractivity contribution in [3.8, 4) is 5.75 Å².